The summed E-state index contributed by atoms with van der Waals surface area (Å²) in [5.74, 6) is -0.703. The number of ether oxygens (including phenoxy) is 1. The summed E-state index contributed by atoms with van der Waals surface area (Å²) >= 11 is 0. The molecule has 0 aliphatic heterocycles. The largest absolute Gasteiger partial charge is 0.425 e. The summed E-state index contributed by atoms with van der Waals surface area (Å²) in [6, 6.07) is 5.71. The van der Waals surface area contributed by atoms with Gasteiger partial charge in [0, 0.05) is 17.8 Å². The molecule has 3 saturated carbocycles. The van der Waals surface area contributed by atoms with Crippen LogP contribution < -0.4 is 4.74 Å². The second-order valence-corrected chi connectivity index (χ2v) is 14.5. The molecule has 0 amide bonds. The number of hydrogen-bond donors (Lipinski definition) is 3. The number of aryl methyl sites for hydroxylation is 2. The summed E-state index contributed by atoms with van der Waals surface area (Å²) in [6.07, 6.45) is 9.01. The molecule has 6 heteroatoms. The predicted octanol–water partition coefficient (Wildman–Crippen LogP) is 5.88. The lowest BCUT2D eigenvalue weighted by molar-refractivity contribution is -0.147. The second kappa shape index (κ2) is 11.7. The van der Waals surface area contributed by atoms with Gasteiger partial charge in [-0.05, 0) is 92.6 Å². The molecule has 10 atom stereocenters. The molecule has 0 heterocycles. The summed E-state index contributed by atoms with van der Waals surface area (Å²) in [6.45, 7) is 12.0. The Balaban J connectivity index is 1.38. The van der Waals surface area contributed by atoms with Gasteiger partial charge in [-0.2, -0.15) is 0 Å². The van der Waals surface area contributed by atoms with Gasteiger partial charge in [-0.3, -0.25) is 9.59 Å². The zero-order chi connectivity index (χ0) is 30.6. The number of aliphatic hydroxyl groups excluding tert-OH is 3. The number of Topliss-reactive ketones (excluding diaryl/α,β-unsaturated/α-hetero) is 1. The third-order valence-electron chi connectivity index (χ3n) is 12.0. The standard InChI is InChI=1S/C36H50O6/c1-20-8-7-9-21(2)33(20)42-34(41)27(32(40)23(4)19-37)16-22(3)28-12-13-29-26-11-10-24-17-25(38)18-31(39)36(24,6)30(26)14-15-35(28,29)5/h7-11,22-23,25,27-31,37-39H,12-19H2,1-6H3/t22-,23?,25-,27?,28-,29+,30+,31+,35-,36+/m1/s1. The van der Waals surface area contributed by atoms with E-state index in [1.54, 1.807) is 6.92 Å². The number of carbonyl (C=O) groups is 2. The number of para-hydroxylation sites is 1. The summed E-state index contributed by atoms with van der Waals surface area (Å²) in [5.41, 5.74) is 4.03. The molecule has 42 heavy (non-hydrogen) atoms. The Bertz CT molecular complexity index is 1260. The number of rotatable bonds is 8. The van der Waals surface area contributed by atoms with Crippen LogP contribution in [0.4, 0.5) is 0 Å². The van der Waals surface area contributed by atoms with Crippen LogP contribution in [-0.4, -0.2) is 45.9 Å². The predicted molar refractivity (Wildman–Crippen MR) is 163 cm³/mol. The lowest BCUT2D eigenvalue weighted by atomic mass is 9.49. The summed E-state index contributed by atoms with van der Waals surface area (Å²) in [7, 11) is 0. The highest BCUT2D eigenvalue weighted by Gasteiger charge is 2.59. The number of allylic oxidation sites excluding steroid dienone is 3. The molecule has 0 saturated heterocycles. The van der Waals surface area contributed by atoms with Gasteiger partial charge in [0.1, 0.15) is 11.7 Å². The van der Waals surface area contributed by atoms with E-state index in [1.807, 2.05) is 32.0 Å². The molecule has 3 fully saturated rings. The highest BCUT2D eigenvalue weighted by Crippen LogP contribution is 2.66. The highest BCUT2D eigenvalue weighted by atomic mass is 16.5. The number of ketones is 1. The summed E-state index contributed by atoms with van der Waals surface area (Å²) in [5, 5.41) is 31.3. The van der Waals surface area contributed by atoms with Crippen molar-refractivity contribution in [3.05, 3.63) is 52.6 Å². The second-order valence-electron chi connectivity index (χ2n) is 14.5. The fourth-order valence-electron chi connectivity index (χ4n) is 9.45. The average molecular weight is 579 g/mol. The van der Waals surface area contributed by atoms with Gasteiger partial charge in [-0.25, -0.2) is 0 Å². The van der Waals surface area contributed by atoms with Gasteiger partial charge >= 0.3 is 5.97 Å². The van der Waals surface area contributed by atoms with E-state index < -0.39 is 30.0 Å². The van der Waals surface area contributed by atoms with E-state index in [1.165, 1.54) is 11.1 Å². The number of hydrogen-bond acceptors (Lipinski definition) is 6. The zero-order valence-electron chi connectivity index (χ0n) is 26.2. The van der Waals surface area contributed by atoms with Crippen LogP contribution in [0, 0.1) is 60.2 Å². The minimum Gasteiger partial charge on any atom is -0.425 e. The van der Waals surface area contributed by atoms with Gasteiger partial charge in [0.05, 0.1) is 18.8 Å². The fourth-order valence-corrected chi connectivity index (χ4v) is 9.45. The van der Waals surface area contributed by atoms with Crippen molar-refractivity contribution in [1.29, 1.82) is 0 Å². The third-order valence-corrected chi connectivity index (χ3v) is 12.0. The quantitative estimate of drug-likeness (QED) is 0.202. The van der Waals surface area contributed by atoms with Crippen molar-refractivity contribution < 1.29 is 29.6 Å². The van der Waals surface area contributed by atoms with Crippen LogP contribution in [0.15, 0.2) is 41.5 Å². The normalized spacial score (nSPS) is 36.0. The van der Waals surface area contributed by atoms with Crippen molar-refractivity contribution in [3.8, 4) is 5.75 Å². The van der Waals surface area contributed by atoms with Crippen molar-refractivity contribution in [3.63, 3.8) is 0 Å². The maximum Gasteiger partial charge on any atom is 0.321 e. The Kier molecular flexibility index (Phi) is 8.65. The smallest absolute Gasteiger partial charge is 0.321 e. The van der Waals surface area contributed by atoms with E-state index in [2.05, 4.69) is 32.9 Å². The van der Waals surface area contributed by atoms with Crippen LogP contribution in [0.1, 0.15) is 83.8 Å². The SMILES string of the molecule is Cc1cccc(C)c1OC(=O)C(C[C@@H](C)[C@H]1CC[C@H]2C3=CC=C4C[C@@H](O)C[C@H](O)[C@]4(C)[C@H]3CC[C@]12C)C(=O)C(C)CO. The molecule has 0 bridgehead atoms. The van der Waals surface area contributed by atoms with Gasteiger partial charge in [-0.15, -0.1) is 0 Å². The van der Waals surface area contributed by atoms with Crippen molar-refractivity contribution in [2.45, 2.75) is 98.7 Å². The molecule has 1 aromatic rings. The Hall–Kier alpha value is -2.28. The van der Waals surface area contributed by atoms with Crippen LogP contribution in [0.2, 0.25) is 0 Å². The minimum atomic E-state index is -0.928. The first-order valence-corrected chi connectivity index (χ1v) is 16.0. The zero-order valence-corrected chi connectivity index (χ0v) is 26.2. The van der Waals surface area contributed by atoms with Crippen LogP contribution in [0.3, 0.4) is 0 Å². The number of benzene rings is 1. The van der Waals surface area contributed by atoms with Gasteiger partial charge < -0.3 is 20.1 Å². The fraction of sp³-hybridized carbons (Fsp3) is 0.667. The molecule has 6 nitrogen and oxygen atoms in total. The lowest BCUT2D eigenvalue weighted by Crippen LogP contribution is -2.52. The molecule has 2 unspecified atom stereocenters. The average Bonchev–Trinajstić information content (AvgIpc) is 3.31. The van der Waals surface area contributed by atoms with Crippen molar-refractivity contribution >= 4 is 11.8 Å². The van der Waals surface area contributed by atoms with E-state index in [-0.39, 0.29) is 35.1 Å². The van der Waals surface area contributed by atoms with Crippen LogP contribution in [0.25, 0.3) is 0 Å². The Morgan fingerprint density at radius 1 is 1.02 bits per heavy atom. The number of carbonyl (C=O) groups excluding carboxylic acids is 2. The first-order chi connectivity index (χ1) is 19.8. The Labute approximate surface area is 251 Å². The molecule has 4 aliphatic rings. The molecule has 5 rings (SSSR count). The van der Waals surface area contributed by atoms with E-state index in [9.17, 15) is 24.9 Å². The van der Waals surface area contributed by atoms with Crippen LogP contribution in [0.5, 0.6) is 5.75 Å². The maximum atomic E-state index is 13.6. The topological polar surface area (TPSA) is 104 Å². The van der Waals surface area contributed by atoms with Gasteiger partial charge in [0.15, 0.2) is 5.78 Å². The molecular formula is C36H50O6. The highest BCUT2D eigenvalue weighted by molar-refractivity contribution is 6.00. The molecule has 4 aliphatic carbocycles. The summed E-state index contributed by atoms with van der Waals surface area (Å²) < 4.78 is 5.90. The van der Waals surface area contributed by atoms with Gasteiger partial charge in [0.25, 0.3) is 0 Å². The Morgan fingerprint density at radius 3 is 2.38 bits per heavy atom. The molecule has 0 radical (unpaired) electrons. The molecule has 0 aromatic heterocycles. The minimum absolute atomic E-state index is 0.0370. The Morgan fingerprint density at radius 2 is 1.71 bits per heavy atom. The van der Waals surface area contributed by atoms with Crippen LogP contribution in [-0.2, 0) is 9.59 Å². The van der Waals surface area contributed by atoms with E-state index in [0.717, 1.165) is 36.8 Å². The molecule has 230 valence electrons. The molecule has 3 N–H and O–H groups in total. The number of esters is 1. The van der Waals surface area contributed by atoms with E-state index >= 15 is 0 Å². The van der Waals surface area contributed by atoms with Crippen molar-refractivity contribution in [2.75, 3.05) is 6.61 Å². The van der Waals surface area contributed by atoms with E-state index in [0.29, 0.717) is 36.8 Å². The first-order valence-electron chi connectivity index (χ1n) is 16.0. The third kappa shape index (κ3) is 5.11. The first kappa shape index (κ1) is 31.2. The van der Waals surface area contributed by atoms with Gasteiger partial charge in [0.2, 0.25) is 0 Å². The van der Waals surface area contributed by atoms with Gasteiger partial charge in [-0.1, -0.05) is 69.2 Å². The van der Waals surface area contributed by atoms with Crippen molar-refractivity contribution in [2.24, 2.45) is 46.3 Å². The van der Waals surface area contributed by atoms with Crippen molar-refractivity contribution in [1.82, 2.24) is 0 Å². The molecule has 0 spiro atoms. The lowest BCUT2D eigenvalue weighted by Gasteiger charge is -2.56. The summed E-state index contributed by atoms with van der Waals surface area (Å²) in [4.78, 5) is 27.1. The monoisotopic (exact) mass is 578 g/mol. The maximum absolute atomic E-state index is 13.6. The number of fused-ring (bicyclic) bond motifs is 5. The number of aliphatic hydroxyl groups is 3. The molecular weight excluding hydrogens is 528 g/mol. The molecule has 1 aromatic carbocycles. The van der Waals surface area contributed by atoms with E-state index in [4.69, 9.17) is 4.74 Å². The van der Waals surface area contributed by atoms with Crippen LogP contribution >= 0.6 is 0 Å².